The molecule has 0 aromatic heterocycles. The highest BCUT2D eigenvalue weighted by Crippen LogP contribution is 2.33. The molecule has 0 bridgehead atoms. The van der Waals surface area contributed by atoms with Crippen LogP contribution >= 0.6 is 0 Å². The lowest BCUT2D eigenvalue weighted by molar-refractivity contribution is -0.130. The van der Waals surface area contributed by atoms with Crippen molar-refractivity contribution in [3.8, 4) is 11.5 Å². The van der Waals surface area contributed by atoms with Crippen molar-refractivity contribution in [2.45, 2.75) is 25.9 Å². The predicted octanol–water partition coefficient (Wildman–Crippen LogP) is 1.19. The number of hydrogen-bond donors (Lipinski definition) is 1. The van der Waals surface area contributed by atoms with Crippen LogP contribution in [-0.2, 0) is 11.2 Å². The van der Waals surface area contributed by atoms with Gasteiger partial charge in [0, 0.05) is 19.0 Å². The van der Waals surface area contributed by atoms with Gasteiger partial charge in [0.1, 0.15) is 0 Å². The highest BCUT2D eigenvalue weighted by Gasteiger charge is 2.40. The average molecular weight is 277 g/mol. The fraction of sp³-hybridized carbons (Fsp3) is 0.533. The van der Waals surface area contributed by atoms with Crippen molar-refractivity contribution in [1.29, 1.82) is 0 Å². The number of β-amino-alcohol motifs (C(OH)–C–C–N with tert-alkyl or cyclic N) is 1. The van der Waals surface area contributed by atoms with Crippen LogP contribution in [0.2, 0.25) is 0 Å². The maximum atomic E-state index is 12.3. The Labute approximate surface area is 118 Å². The molecular formula is C15H19NO4. The topological polar surface area (TPSA) is 59.0 Å². The Bertz CT molecular complexity index is 541. The third-order valence-corrected chi connectivity index (χ3v) is 4.21. The third-order valence-electron chi connectivity index (χ3n) is 4.21. The number of hydrogen-bond acceptors (Lipinski definition) is 4. The van der Waals surface area contributed by atoms with Gasteiger partial charge in [0.05, 0.1) is 12.0 Å². The van der Waals surface area contributed by atoms with E-state index in [-0.39, 0.29) is 18.6 Å². The van der Waals surface area contributed by atoms with Crippen molar-refractivity contribution in [3.05, 3.63) is 23.8 Å². The summed E-state index contributed by atoms with van der Waals surface area (Å²) in [7, 11) is 0. The molecule has 1 N–H and O–H groups in total. The third kappa shape index (κ3) is 2.33. The molecule has 0 spiro atoms. The van der Waals surface area contributed by atoms with Crippen LogP contribution in [0.4, 0.5) is 0 Å². The zero-order chi connectivity index (χ0) is 14.3. The van der Waals surface area contributed by atoms with E-state index in [0.717, 1.165) is 11.3 Å². The van der Waals surface area contributed by atoms with Crippen LogP contribution in [0.25, 0.3) is 0 Å². The number of rotatable bonds is 2. The van der Waals surface area contributed by atoms with Gasteiger partial charge in [0.25, 0.3) is 0 Å². The van der Waals surface area contributed by atoms with E-state index in [2.05, 4.69) is 0 Å². The van der Waals surface area contributed by atoms with E-state index < -0.39 is 5.60 Å². The maximum absolute atomic E-state index is 12.3. The lowest BCUT2D eigenvalue weighted by atomic mass is 9.95. The largest absolute Gasteiger partial charge is 0.454 e. The van der Waals surface area contributed by atoms with Gasteiger partial charge in [-0.15, -0.1) is 0 Å². The van der Waals surface area contributed by atoms with Crippen molar-refractivity contribution in [2.75, 3.05) is 19.9 Å². The molecule has 5 heteroatoms. The Morgan fingerprint density at radius 1 is 1.45 bits per heavy atom. The van der Waals surface area contributed by atoms with Gasteiger partial charge in [-0.2, -0.15) is 0 Å². The minimum absolute atomic E-state index is 0.0356. The molecule has 2 heterocycles. The van der Waals surface area contributed by atoms with Crippen molar-refractivity contribution in [2.24, 2.45) is 5.92 Å². The quantitative estimate of drug-likeness (QED) is 0.882. The summed E-state index contributed by atoms with van der Waals surface area (Å²) >= 11 is 0. The van der Waals surface area contributed by atoms with E-state index in [0.29, 0.717) is 25.3 Å². The van der Waals surface area contributed by atoms with Gasteiger partial charge in [-0.1, -0.05) is 13.0 Å². The van der Waals surface area contributed by atoms with Gasteiger partial charge in [0.2, 0.25) is 12.7 Å². The molecule has 1 amide bonds. The number of ether oxygens (including phenoxy) is 2. The fourth-order valence-corrected chi connectivity index (χ4v) is 2.66. The molecular weight excluding hydrogens is 258 g/mol. The van der Waals surface area contributed by atoms with Crippen LogP contribution < -0.4 is 9.47 Å². The summed E-state index contributed by atoms with van der Waals surface area (Å²) in [4.78, 5) is 14.0. The first-order valence-corrected chi connectivity index (χ1v) is 6.84. The Morgan fingerprint density at radius 2 is 2.20 bits per heavy atom. The number of carbonyl (C=O) groups excluding carboxylic acids is 1. The summed E-state index contributed by atoms with van der Waals surface area (Å²) in [6.07, 6.45) is 0.319. The fourth-order valence-electron chi connectivity index (χ4n) is 2.66. The minimum Gasteiger partial charge on any atom is -0.454 e. The van der Waals surface area contributed by atoms with Crippen molar-refractivity contribution in [3.63, 3.8) is 0 Å². The predicted molar refractivity (Wildman–Crippen MR) is 72.6 cm³/mol. The molecule has 5 nitrogen and oxygen atoms in total. The van der Waals surface area contributed by atoms with Crippen molar-refractivity contribution >= 4 is 5.91 Å². The molecule has 2 aliphatic rings. The van der Waals surface area contributed by atoms with Crippen LogP contribution in [0.1, 0.15) is 19.4 Å². The average Bonchev–Trinajstić information content (AvgIpc) is 2.94. The number of likely N-dealkylation sites (tertiary alicyclic amines) is 1. The Balaban J connectivity index is 1.68. The molecule has 1 fully saturated rings. The van der Waals surface area contributed by atoms with Gasteiger partial charge in [-0.05, 0) is 24.6 Å². The first-order chi connectivity index (χ1) is 9.45. The number of amides is 1. The van der Waals surface area contributed by atoms with E-state index in [9.17, 15) is 9.90 Å². The molecule has 0 radical (unpaired) electrons. The summed E-state index contributed by atoms with van der Waals surface area (Å²) < 4.78 is 10.6. The molecule has 2 aliphatic heterocycles. The second-order valence-corrected chi connectivity index (χ2v) is 5.90. The zero-order valence-corrected chi connectivity index (χ0v) is 11.8. The molecule has 2 atom stereocenters. The first-order valence-electron chi connectivity index (χ1n) is 6.84. The van der Waals surface area contributed by atoms with Crippen LogP contribution in [0.3, 0.4) is 0 Å². The monoisotopic (exact) mass is 277 g/mol. The Hall–Kier alpha value is -1.75. The second kappa shape index (κ2) is 4.66. The van der Waals surface area contributed by atoms with Gasteiger partial charge < -0.3 is 19.5 Å². The number of nitrogens with zero attached hydrogens (tertiary/aromatic N) is 1. The van der Waals surface area contributed by atoms with Crippen molar-refractivity contribution < 1.29 is 19.4 Å². The van der Waals surface area contributed by atoms with Gasteiger partial charge in [-0.3, -0.25) is 4.79 Å². The SMILES string of the molecule is C[C@@H]1CN(C(=O)Cc2ccc3c(c2)OCO3)C[C@]1(C)O. The number of benzene rings is 1. The Morgan fingerprint density at radius 3 is 2.90 bits per heavy atom. The van der Waals surface area contributed by atoms with Crippen LogP contribution in [0, 0.1) is 5.92 Å². The lowest BCUT2D eigenvalue weighted by Gasteiger charge is -2.20. The number of carbonyl (C=O) groups is 1. The summed E-state index contributed by atoms with van der Waals surface area (Å²) in [5.41, 5.74) is 0.114. The summed E-state index contributed by atoms with van der Waals surface area (Å²) in [6.45, 7) is 4.99. The van der Waals surface area contributed by atoms with Crippen LogP contribution in [0.5, 0.6) is 11.5 Å². The Kier molecular flexibility index (Phi) is 3.09. The maximum Gasteiger partial charge on any atom is 0.231 e. The van der Waals surface area contributed by atoms with Gasteiger partial charge in [-0.25, -0.2) is 0 Å². The lowest BCUT2D eigenvalue weighted by Crippen LogP contribution is -2.35. The summed E-state index contributed by atoms with van der Waals surface area (Å²) in [5.74, 6) is 1.55. The highest BCUT2D eigenvalue weighted by atomic mass is 16.7. The minimum atomic E-state index is -0.787. The molecule has 1 aromatic rings. The molecule has 0 aliphatic carbocycles. The molecule has 0 saturated carbocycles. The highest BCUT2D eigenvalue weighted by molar-refractivity contribution is 5.79. The molecule has 20 heavy (non-hydrogen) atoms. The molecule has 1 aromatic carbocycles. The standard InChI is InChI=1S/C15H19NO4/c1-10-7-16(8-15(10,2)18)14(17)6-11-3-4-12-13(5-11)20-9-19-12/h3-5,10,18H,6-9H2,1-2H3/t10-,15+/m1/s1. The van der Waals surface area contributed by atoms with Crippen molar-refractivity contribution in [1.82, 2.24) is 4.90 Å². The van der Waals surface area contributed by atoms with Gasteiger partial charge in [0.15, 0.2) is 11.5 Å². The summed E-state index contributed by atoms with van der Waals surface area (Å²) in [5, 5.41) is 10.1. The number of fused-ring (bicyclic) bond motifs is 1. The van der Waals surface area contributed by atoms with Crippen LogP contribution in [-0.4, -0.2) is 41.4 Å². The van der Waals surface area contributed by atoms with E-state index in [1.54, 1.807) is 11.8 Å². The van der Waals surface area contributed by atoms with E-state index >= 15 is 0 Å². The second-order valence-electron chi connectivity index (χ2n) is 5.90. The molecule has 1 saturated heterocycles. The zero-order valence-electron chi connectivity index (χ0n) is 11.8. The normalized spacial score (nSPS) is 27.9. The van der Waals surface area contributed by atoms with E-state index in [1.807, 2.05) is 25.1 Å². The number of aliphatic hydroxyl groups is 1. The molecule has 108 valence electrons. The van der Waals surface area contributed by atoms with Crippen LogP contribution in [0.15, 0.2) is 18.2 Å². The molecule has 3 rings (SSSR count). The first kappa shape index (κ1) is 13.2. The smallest absolute Gasteiger partial charge is 0.231 e. The van der Waals surface area contributed by atoms with Gasteiger partial charge >= 0.3 is 0 Å². The van der Waals surface area contributed by atoms with E-state index in [1.165, 1.54) is 0 Å². The summed E-state index contributed by atoms with van der Waals surface area (Å²) in [6, 6.07) is 5.55. The van der Waals surface area contributed by atoms with E-state index in [4.69, 9.17) is 9.47 Å². The molecule has 0 unspecified atom stereocenters.